The number of aliphatic hydroxyl groups excluding tert-OH is 8. The molecule has 28 heavy (non-hydrogen) atoms. The second-order valence-electron chi connectivity index (χ2n) is 7.09. The zero-order valence-corrected chi connectivity index (χ0v) is 15.9. The summed E-state index contributed by atoms with van der Waals surface area (Å²) < 4.78 is 5.36. The molecule has 1 amide bonds. The minimum absolute atomic E-state index is 0.0707. The first-order chi connectivity index (χ1) is 13.1. The molecule has 0 bridgehead atoms. The van der Waals surface area contributed by atoms with E-state index in [-0.39, 0.29) is 6.54 Å². The van der Waals surface area contributed by atoms with Crippen LogP contribution in [0.25, 0.3) is 0 Å². The average Bonchev–Trinajstić information content (AvgIpc) is 2.67. The standard InChI is InChI=1S/C16H32N2O10/c1-17(2)4-3-5-18(15(27)13(25)10(22)8(21)6-19)16-14(26)12(24)11(23)9(7-20)28-16/h8-14,16,19-26H,3-7H2,1-2H3/t8-,9-,10-,11-,12+,13+,14-,16?/m1/s1. The van der Waals surface area contributed by atoms with E-state index >= 15 is 0 Å². The van der Waals surface area contributed by atoms with E-state index in [0.29, 0.717) is 13.0 Å². The Balaban J connectivity index is 3.07. The van der Waals surface area contributed by atoms with Gasteiger partial charge in [0.05, 0.1) is 13.2 Å². The molecule has 0 aliphatic carbocycles. The Morgan fingerprint density at radius 2 is 1.61 bits per heavy atom. The first kappa shape index (κ1) is 25.1. The van der Waals surface area contributed by atoms with Crippen molar-refractivity contribution < 1.29 is 50.4 Å². The van der Waals surface area contributed by atoms with Crippen LogP contribution in [-0.4, -0.2) is 146 Å². The molecule has 1 aliphatic rings. The molecular formula is C16H32N2O10. The number of ether oxygens (including phenoxy) is 1. The molecule has 8 atom stereocenters. The summed E-state index contributed by atoms with van der Waals surface area (Å²) in [5, 5.41) is 77.7. The van der Waals surface area contributed by atoms with Crippen molar-refractivity contribution in [2.24, 2.45) is 0 Å². The highest BCUT2D eigenvalue weighted by molar-refractivity contribution is 5.81. The molecule has 1 aliphatic heterocycles. The Bertz CT molecular complexity index is 480. The van der Waals surface area contributed by atoms with E-state index in [1.807, 2.05) is 4.90 Å². The van der Waals surface area contributed by atoms with Crippen LogP contribution in [0, 0.1) is 0 Å². The topological polar surface area (TPSA) is 195 Å². The van der Waals surface area contributed by atoms with Crippen molar-refractivity contribution >= 4 is 5.91 Å². The van der Waals surface area contributed by atoms with Crippen molar-refractivity contribution in [1.82, 2.24) is 9.80 Å². The SMILES string of the molecule is CN(C)CCCN(C(=O)[C@@H](O)[C@H](O)[C@H](O)CO)C1O[C@H](CO)[C@@H](O)[C@H](O)[C@H]1O. The lowest BCUT2D eigenvalue weighted by Crippen LogP contribution is -2.65. The average molecular weight is 412 g/mol. The Morgan fingerprint density at radius 3 is 2.11 bits per heavy atom. The number of nitrogens with zero attached hydrogens (tertiary/aromatic N) is 2. The molecule has 12 nitrogen and oxygen atoms in total. The van der Waals surface area contributed by atoms with Gasteiger partial charge in [-0.25, -0.2) is 0 Å². The predicted molar refractivity (Wildman–Crippen MR) is 93.8 cm³/mol. The number of rotatable bonds is 10. The van der Waals surface area contributed by atoms with Gasteiger partial charge in [-0.15, -0.1) is 0 Å². The number of hydrogen-bond acceptors (Lipinski definition) is 11. The molecule has 0 saturated carbocycles. The number of hydrogen-bond donors (Lipinski definition) is 8. The lowest BCUT2D eigenvalue weighted by molar-refractivity contribution is -0.264. The molecule has 1 saturated heterocycles. The summed E-state index contributed by atoms with van der Waals surface area (Å²) in [5.41, 5.74) is 0. The third kappa shape index (κ3) is 6.03. The third-order valence-corrected chi connectivity index (χ3v) is 4.62. The number of aliphatic hydroxyl groups is 8. The van der Waals surface area contributed by atoms with Gasteiger partial charge in [0.2, 0.25) is 0 Å². The van der Waals surface area contributed by atoms with Crippen molar-refractivity contribution in [2.45, 2.75) is 55.4 Å². The van der Waals surface area contributed by atoms with Crippen LogP contribution in [0.4, 0.5) is 0 Å². The quantitative estimate of drug-likeness (QED) is 0.171. The van der Waals surface area contributed by atoms with E-state index in [2.05, 4.69) is 0 Å². The first-order valence-corrected chi connectivity index (χ1v) is 8.97. The molecule has 12 heteroatoms. The highest BCUT2D eigenvalue weighted by atomic mass is 16.6. The monoisotopic (exact) mass is 412 g/mol. The Hall–Kier alpha value is -0.930. The van der Waals surface area contributed by atoms with E-state index in [9.17, 15) is 40.5 Å². The van der Waals surface area contributed by atoms with E-state index in [1.165, 1.54) is 0 Å². The Labute approximate surface area is 162 Å². The molecule has 1 unspecified atom stereocenters. The fourth-order valence-electron chi connectivity index (χ4n) is 2.89. The maximum Gasteiger partial charge on any atom is 0.256 e. The lowest BCUT2D eigenvalue weighted by atomic mass is 9.97. The maximum atomic E-state index is 12.7. The van der Waals surface area contributed by atoms with Gasteiger partial charge in [0, 0.05) is 6.54 Å². The normalized spacial score (nSPS) is 31.5. The van der Waals surface area contributed by atoms with E-state index in [1.54, 1.807) is 14.1 Å². The minimum atomic E-state index is -2.14. The van der Waals surface area contributed by atoms with Crippen LogP contribution in [-0.2, 0) is 9.53 Å². The largest absolute Gasteiger partial charge is 0.394 e. The zero-order valence-electron chi connectivity index (χ0n) is 15.9. The number of amides is 1. The van der Waals surface area contributed by atoms with Crippen LogP contribution in [0.3, 0.4) is 0 Å². The molecule has 1 rings (SSSR count). The summed E-state index contributed by atoms with van der Waals surface area (Å²) in [6.45, 7) is -1.15. The van der Waals surface area contributed by atoms with Crippen molar-refractivity contribution in [1.29, 1.82) is 0 Å². The van der Waals surface area contributed by atoms with Crippen LogP contribution in [0.15, 0.2) is 0 Å². The van der Waals surface area contributed by atoms with Crippen LogP contribution >= 0.6 is 0 Å². The predicted octanol–water partition coefficient (Wildman–Crippen LogP) is -5.36. The van der Waals surface area contributed by atoms with Crippen molar-refractivity contribution in [3.05, 3.63) is 0 Å². The van der Waals surface area contributed by atoms with Crippen LogP contribution < -0.4 is 0 Å². The summed E-state index contributed by atoms with van der Waals surface area (Å²) in [5.74, 6) is -1.12. The van der Waals surface area contributed by atoms with E-state index in [4.69, 9.17) is 9.84 Å². The smallest absolute Gasteiger partial charge is 0.256 e. The first-order valence-electron chi connectivity index (χ1n) is 8.97. The summed E-state index contributed by atoms with van der Waals surface area (Å²) in [6.07, 6.45) is -13.5. The van der Waals surface area contributed by atoms with Crippen LogP contribution in [0.5, 0.6) is 0 Å². The molecule has 0 aromatic rings. The summed E-state index contributed by atoms with van der Waals surface area (Å²) in [7, 11) is 3.58. The van der Waals surface area contributed by atoms with Gasteiger partial charge in [0.1, 0.15) is 36.6 Å². The summed E-state index contributed by atoms with van der Waals surface area (Å²) in [6, 6.07) is 0. The summed E-state index contributed by atoms with van der Waals surface area (Å²) >= 11 is 0. The van der Waals surface area contributed by atoms with Gasteiger partial charge in [-0.3, -0.25) is 4.79 Å². The second-order valence-corrected chi connectivity index (χ2v) is 7.09. The maximum absolute atomic E-state index is 12.7. The zero-order chi connectivity index (χ0) is 21.6. The van der Waals surface area contributed by atoms with Crippen LogP contribution in [0.2, 0.25) is 0 Å². The fraction of sp³-hybridized carbons (Fsp3) is 0.938. The third-order valence-electron chi connectivity index (χ3n) is 4.62. The van der Waals surface area contributed by atoms with Crippen LogP contribution in [0.1, 0.15) is 6.42 Å². The van der Waals surface area contributed by atoms with Crippen molar-refractivity contribution in [2.75, 3.05) is 40.4 Å². The Kier molecular flexibility index (Phi) is 10.1. The van der Waals surface area contributed by atoms with Gasteiger partial charge in [-0.05, 0) is 27.1 Å². The highest BCUT2D eigenvalue weighted by Crippen LogP contribution is 2.25. The Morgan fingerprint density at radius 1 is 1.00 bits per heavy atom. The fourth-order valence-corrected chi connectivity index (χ4v) is 2.89. The molecule has 0 aromatic carbocycles. The van der Waals surface area contributed by atoms with Gasteiger partial charge in [-0.1, -0.05) is 0 Å². The van der Waals surface area contributed by atoms with Gasteiger partial charge >= 0.3 is 0 Å². The molecule has 1 fully saturated rings. The highest BCUT2D eigenvalue weighted by Gasteiger charge is 2.48. The molecule has 0 aromatic heterocycles. The molecule has 166 valence electrons. The molecular weight excluding hydrogens is 380 g/mol. The van der Waals surface area contributed by atoms with Gasteiger partial charge in [-0.2, -0.15) is 0 Å². The van der Waals surface area contributed by atoms with Gasteiger partial charge in [0.25, 0.3) is 5.91 Å². The lowest BCUT2D eigenvalue weighted by Gasteiger charge is -2.45. The molecule has 0 radical (unpaired) electrons. The van der Waals surface area contributed by atoms with E-state index < -0.39 is 68.1 Å². The van der Waals surface area contributed by atoms with E-state index in [0.717, 1.165) is 4.90 Å². The molecule has 1 heterocycles. The minimum Gasteiger partial charge on any atom is -0.394 e. The van der Waals surface area contributed by atoms with Gasteiger partial charge < -0.3 is 55.4 Å². The second kappa shape index (κ2) is 11.3. The molecule has 8 N–H and O–H groups in total. The number of carbonyl (C=O) groups excluding carboxylic acids is 1. The molecule has 0 spiro atoms. The number of carbonyl (C=O) groups is 1. The van der Waals surface area contributed by atoms with Crippen molar-refractivity contribution in [3.8, 4) is 0 Å². The summed E-state index contributed by atoms with van der Waals surface area (Å²) in [4.78, 5) is 15.4. The van der Waals surface area contributed by atoms with Crippen molar-refractivity contribution in [3.63, 3.8) is 0 Å². The van der Waals surface area contributed by atoms with Gasteiger partial charge in [0.15, 0.2) is 12.3 Å².